The second kappa shape index (κ2) is 1.34. The topological polar surface area (TPSA) is 0 Å². The van der Waals surface area contributed by atoms with E-state index in [1.54, 1.807) is 0 Å². The van der Waals surface area contributed by atoms with Crippen LogP contribution in [0.15, 0.2) is 0 Å². The van der Waals surface area contributed by atoms with E-state index < -0.39 is 23.5 Å². The van der Waals surface area contributed by atoms with Crippen molar-refractivity contribution in [2.24, 2.45) is 0 Å². The molecule has 0 N–H and O–H groups in total. The summed E-state index contributed by atoms with van der Waals surface area (Å²) in [5, 5.41) is 0. The molecule has 0 aromatic rings. The standard InChI is InChI=1S/F3GeH3Si/c1-5(2,3)4/h4H3. The Morgan fingerprint density at radius 2 is 1.20 bits per heavy atom. The van der Waals surface area contributed by atoms with Crippen molar-refractivity contribution in [1.82, 2.24) is 0 Å². The van der Waals surface area contributed by atoms with Gasteiger partial charge in [-0.2, -0.15) is 0 Å². The Morgan fingerprint density at radius 3 is 1.20 bits per heavy atom. The molecule has 0 aliphatic heterocycles. The Hall–Kier alpha value is 0.550. The van der Waals surface area contributed by atoms with E-state index >= 15 is 0 Å². The van der Waals surface area contributed by atoms with Crippen molar-refractivity contribution >= 4 is 23.5 Å². The van der Waals surface area contributed by atoms with E-state index in [4.69, 9.17) is 0 Å². The summed E-state index contributed by atoms with van der Waals surface area (Å²) in [6.45, 7) is 0. The average Bonchev–Trinajstić information content (AvgIpc) is 0.722. The first-order valence-electron chi connectivity index (χ1n) is 1.07. The third kappa shape index (κ3) is 97.9. The molecular formula is H3F3GeSi. The van der Waals surface area contributed by atoms with Gasteiger partial charge in [0.25, 0.3) is 0 Å². The van der Waals surface area contributed by atoms with Crippen molar-refractivity contribution in [1.29, 1.82) is 0 Å². The molecule has 0 bridgehead atoms. The van der Waals surface area contributed by atoms with Crippen LogP contribution in [0.2, 0.25) is 0 Å². The Bertz CT molecular complexity index is 22.4. The van der Waals surface area contributed by atoms with Crippen LogP contribution in [0.3, 0.4) is 0 Å². The molecule has 5 heteroatoms. The molecule has 5 heavy (non-hydrogen) atoms. The molecule has 0 radical (unpaired) electrons. The van der Waals surface area contributed by atoms with Crippen molar-refractivity contribution in [3.05, 3.63) is 0 Å². The second-order valence-corrected chi connectivity index (χ2v) is 9.48. The molecule has 0 nitrogen and oxygen atoms in total. The summed E-state index contributed by atoms with van der Waals surface area (Å²) in [4.78, 5) is 0. The van der Waals surface area contributed by atoms with Gasteiger partial charge in [-0.3, -0.25) is 0 Å². The zero-order chi connectivity index (χ0) is 4.50. The molecule has 0 saturated carbocycles. The molecule has 0 fully saturated rings. The summed E-state index contributed by atoms with van der Waals surface area (Å²) in [6, 6.07) is 0. The molecule has 0 aliphatic carbocycles. The van der Waals surface area contributed by atoms with Crippen LogP contribution in [0.5, 0.6) is 0 Å². The molecule has 0 atom stereocenters. The first-order chi connectivity index (χ1) is 2.00. The van der Waals surface area contributed by atoms with E-state index in [0.717, 1.165) is 0 Å². The van der Waals surface area contributed by atoms with Gasteiger partial charge >= 0.3 is 35.8 Å². The van der Waals surface area contributed by atoms with Crippen LogP contribution < -0.4 is 0 Å². The van der Waals surface area contributed by atoms with Gasteiger partial charge in [-0.15, -0.1) is 0 Å². The maximum atomic E-state index is 10.6. The van der Waals surface area contributed by atoms with Gasteiger partial charge in [0.05, 0.1) is 0 Å². The van der Waals surface area contributed by atoms with Gasteiger partial charge in [-0.1, -0.05) is 0 Å². The van der Waals surface area contributed by atoms with Crippen molar-refractivity contribution in [3.8, 4) is 0 Å². The maximum absolute atomic E-state index is 10.6. The zero-order valence-corrected chi connectivity index (χ0v) is 7.83. The fourth-order valence-electron chi connectivity index (χ4n) is 0. The Labute approximate surface area is 36.5 Å². The van der Waals surface area contributed by atoms with E-state index in [9.17, 15) is 12.3 Å². The van der Waals surface area contributed by atoms with E-state index in [0.29, 0.717) is 0 Å². The molecule has 0 rings (SSSR count). The summed E-state index contributed by atoms with van der Waals surface area (Å²) < 4.78 is 31.7. The van der Waals surface area contributed by atoms with Crippen LogP contribution in [-0.4, -0.2) is 23.5 Å². The monoisotopic (exact) mass is 162 g/mol. The average molecular weight is 161 g/mol. The molecule has 32 valence electrons. The van der Waals surface area contributed by atoms with E-state index in [-0.39, 0.29) is 0 Å². The normalized spacial score (nSPS) is 12.6. The van der Waals surface area contributed by atoms with Gasteiger partial charge in [0.2, 0.25) is 0 Å². The van der Waals surface area contributed by atoms with E-state index in [1.807, 2.05) is 0 Å². The van der Waals surface area contributed by atoms with Crippen LogP contribution in [0.25, 0.3) is 0 Å². The molecule has 0 spiro atoms. The minimum absolute atomic E-state index is 0.861. The van der Waals surface area contributed by atoms with Crippen LogP contribution >= 0.6 is 0 Å². The van der Waals surface area contributed by atoms with E-state index in [2.05, 4.69) is 0 Å². The van der Waals surface area contributed by atoms with Crippen molar-refractivity contribution in [2.45, 2.75) is 0 Å². The minimum atomic E-state index is -4.92. The van der Waals surface area contributed by atoms with Gasteiger partial charge in [0.1, 0.15) is 0 Å². The number of hydrogen-bond acceptors (Lipinski definition) is 0. The van der Waals surface area contributed by atoms with Gasteiger partial charge in [-0.05, 0) is 0 Å². The number of halogens is 3. The molecule has 0 aliphatic rings. The predicted molar refractivity (Wildman–Crippen MR) is 19.0 cm³/mol. The number of hydrogen-bond donors (Lipinski definition) is 0. The van der Waals surface area contributed by atoms with Crippen molar-refractivity contribution in [3.63, 3.8) is 0 Å². The third-order valence-electron chi connectivity index (χ3n) is 0. The summed E-state index contributed by atoms with van der Waals surface area (Å²) in [5.74, 6) is 0. The molecule has 0 saturated heterocycles. The van der Waals surface area contributed by atoms with Gasteiger partial charge in [0.15, 0.2) is 0 Å². The van der Waals surface area contributed by atoms with Crippen molar-refractivity contribution < 1.29 is 12.3 Å². The van der Waals surface area contributed by atoms with Gasteiger partial charge in [-0.25, -0.2) is 0 Å². The SMILES string of the molecule is F[Si](F)(F)[GeH3]. The van der Waals surface area contributed by atoms with Crippen molar-refractivity contribution in [2.75, 3.05) is 0 Å². The summed E-state index contributed by atoms with van der Waals surface area (Å²) >= 11 is -0.861. The molecular weight excluding hydrogens is 158 g/mol. The van der Waals surface area contributed by atoms with Gasteiger partial charge in [0, 0.05) is 0 Å². The fraction of sp³-hybridized carbons (Fsp3) is 0. The Balaban J connectivity index is 3.02. The van der Waals surface area contributed by atoms with E-state index in [1.165, 1.54) is 0 Å². The molecule has 0 aromatic heterocycles. The third-order valence-corrected chi connectivity index (χ3v) is 0. The Morgan fingerprint density at radius 1 is 1.20 bits per heavy atom. The first kappa shape index (κ1) is 5.55. The summed E-state index contributed by atoms with van der Waals surface area (Å²) in [7, 11) is -4.92. The summed E-state index contributed by atoms with van der Waals surface area (Å²) in [5.41, 5.74) is 0. The quantitative estimate of drug-likeness (QED) is 0.337. The summed E-state index contributed by atoms with van der Waals surface area (Å²) in [6.07, 6.45) is 0. The zero-order valence-electron chi connectivity index (χ0n) is 2.63. The molecule has 0 heterocycles. The predicted octanol–water partition coefficient (Wildman–Crippen LogP) is -0.304. The molecule has 0 unspecified atom stereocenters. The second-order valence-electron chi connectivity index (χ2n) is 0.781. The first-order valence-corrected chi connectivity index (χ1v) is 9.50. The number of rotatable bonds is 0. The molecule has 0 aromatic carbocycles. The van der Waals surface area contributed by atoms with Crippen LogP contribution in [0.4, 0.5) is 12.3 Å². The van der Waals surface area contributed by atoms with Gasteiger partial charge < -0.3 is 0 Å². The van der Waals surface area contributed by atoms with Crippen LogP contribution in [-0.2, 0) is 0 Å². The van der Waals surface area contributed by atoms with Crippen LogP contribution in [0.1, 0.15) is 0 Å². The molecule has 0 amide bonds. The Kier molecular flexibility index (Phi) is 1.48. The fourth-order valence-corrected chi connectivity index (χ4v) is 0. The van der Waals surface area contributed by atoms with Crippen LogP contribution in [0, 0.1) is 0 Å².